The van der Waals surface area contributed by atoms with Gasteiger partial charge in [0.25, 0.3) is 11.8 Å². The van der Waals surface area contributed by atoms with E-state index in [1.807, 2.05) is 0 Å². The Labute approximate surface area is 197 Å². The predicted octanol–water partition coefficient (Wildman–Crippen LogP) is 0.0846. The molecule has 1 fully saturated rings. The van der Waals surface area contributed by atoms with E-state index < -0.39 is 70.8 Å². The van der Waals surface area contributed by atoms with Crippen LogP contribution >= 0.6 is 11.3 Å². The number of ether oxygens (including phenoxy) is 1. The van der Waals surface area contributed by atoms with Crippen molar-refractivity contribution < 1.29 is 45.2 Å². The largest absolute Gasteiger partial charge is 0.457 e. The second-order valence-electron chi connectivity index (χ2n) is 7.59. The summed E-state index contributed by atoms with van der Waals surface area (Å²) in [4.78, 5) is 46.9. The van der Waals surface area contributed by atoms with E-state index in [2.05, 4.69) is 15.5 Å². The number of nitrogen functional groups attached to an aromatic ring is 1. The van der Waals surface area contributed by atoms with E-state index in [4.69, 9.17) is 28.1 Å². The Kier molecular flexibility index (Phi) is 4.78. The quantitative estimate of drug-likeness (QED) is 0.153. The fourth-order valence-corrected chi connectivity index (χ4v) is 3.85. The Balaban J connectivity index is 2.57. The first-order chi connectivity index (χ1) is 16.9. The first-order valence-electron chi connectivity index (χ1n) is 11.8. The molecule has 0 radical (unpaired) electrons. The van der Waals surface area contributed by atoms with Gasteiger partial charge in [-0.3, -0.25) is 14.1 Å². The normalized spacial score (nSPS) is 23.5. The van der Waals surface area contributed by atoms with E-state index in [0.717, 1.165) is 16.7 Å². The van der Waals surface area contributed by atoms with Crippen molar-refractivity contribution in [2.45, 2.75) is 64.7 Å². The number of hydrogen-bond donors (Lipinski definition) is 3. The Morgan fingerprint density at radius 1 is 1.41 bits per heavy atom. The summed E-state index contributed by atoms with van der Waals surface area (Å²) in [5, 5.41) is 6.55. The molecule has 2 atom stereocenters. The number of carbonyl (C=O) groups is 3. The summed E-state index contributed by atoms with van der Waals surface area (Å²) in [5.41, 5.74) is -0.739. The lowest BCUT2D eigenvalue weighted by Crippen LogP contribution is -2.71. The molecule has 4 N–H and O–H groups in total. The second kappa shape index (κ2) is 8.63. The SMILES string of the molecule is [2H]C([2H])([2H])C(O/N=C(\C(=O)N[C@@H]1C(=O)N(S(=O)(=O)O)[C@H]1C)c1csc(N)n1)(C(=O)OC(C)(C)C)C([2H])([2H])[2H]. The molecule has 0 spiro atoms. The van der Waals surface area contributed by atoms with Gasteiger partial charge in [-0.15, -0.1) is 11.3 Å². The fourth-order valence-electron chi connectivity index (χ4n) is 2.42. The summed E-state index contributed by atoms with van der Waals surface area (Å²) in [7, 11) is -4.92. The van der Waals surface area contributed by atoms with Crippen LogP contribution in [0, 0.1) is 0 Å². The zero-order valence-electron chi connectivity index (χ0n) is 23.3. The first-order valence-corrected chi connectivity index (χ1v) is 11.0. The third-order valence-electron chi connectivity index (χ3n) is 3.81. The lowest BCUT2D eigenvalue weighted by Gasteiger charge is -2.42. The average Bonchev–Trinajstić information content (AvgIpc) is 3.10. The van der Waals surface area contributed by atoms with Crippen LogP contribution in [0.2, 0.25) is 0 Å². The number of rotatable bonds is 7. The number of nitrogens with one attached hydrogen (secondary N) is 1. The minimum atomic E-state index is -4.92. The molecule has 1 aliphatic rings. The van der Waals surface area contributed by atoms with Crippen LogP contribution in [0.5, 0.6) is 0 Å². The Bertz CT molecular complexity index is 1240. The highest BCUT2D eigenvalue weighted by Crippen LogP contribution is 2.24. The van der Waals surface area contributed by atoms with Crippen LogP contribution in [-0.2, 0) is 34.3 Å². The van der Waals surface area contributed by atoms with Crippen molar-refractivity contribution in [3.63, 3.8) is 0 Å². The maximum atomic E-state index is 13.0. The second-order valence-corrected chi connectivity index (χ2v) is 9.77. The monoisotopic (exact) mass is 497 g/mol. The van der Waals surface area contributed by atoms with Crippen LogP contribution < -0.4 is 11.1 Å². The van der Waals surface area contributed by atoms with E-state index in [1.165, 1.54) is 27.7 Å². The third-order valence-corrected chi connectivity index (χ3v) is 5.49. The van der Waals surface area contributed by atoms with Crippen molar-refractivity contribution in [3.8, 4) is 0 Å². The average molecular weight is 498 g/mol. The standard InChI is InChI=1S/C17H25N5O8S2/c1-8-10(13(24)22(8)32(26,27)28)20-12(23)11(9-7-31-15(18)19-9)21-30-17(5,6)14(25)29-16(2,3)4/h7-8,10H,1-6H3,(H2,18,19)(H,20,23)(H,26,27,28)/b21-11-/t8-,10-/m0/s1/i5D3,6D3. The van der Waals surface area contributed by atoms with Crippen LogP contribution in [0.1, 0.15) is 55.3 Å². The number of nitrogens with zero attached hydrogens (tertiary/aromatic N) is 3. The van der Waals surface area contributed by atoms with E-state index in [0.29, 0.717) is 0 Å². The highest BCUT2D eigenvalue weighted by Gasteiger charge is 2.51. The van der Waals surface area contributed by atoms with Crippen molar-refractivity contribution in [3.05, 3.63) is 11.1 Å². The zero-order chi connectivity index (χ0) is 29.6. The molecule has 0 aliphatic carbocycles. The molecule has 2 heterocycles. The zero-order valence-corrected chi connectivity index (χ0v) is 18.9. The molecule has 32 heavy (non-hydrogen) atoms. The van der Waals surface area contributed by atoms with Crippen molar-refractivity contribution >= 4 is 50.3 Å². The van der Waals surface area contributed by atoms with Crippen molar-refractivity contribution in [2.75, 3.05) is 5.73 Å². The Morgan fingerprint density at radius 2 is 2.03 bits per heavy atom. The number of oxime groups is 1. The molecule has 2 rings (SSSR count). The van der Waals surface area contributed by atoms with Crippen LogP contribution in [0.3, 0.4) is 0 Å². The van der Waals surface area contributed by atoms with Gasteiger partial charge in [0, 0.05) is 13.6 Å². The van der Waals surface area contributed by atoms with Gasteiger partial charge in [-0.05, 0) is 41.4 Å². The van der Waals surface area contributed by atoms with Gasteiger partial charge in [0.15, 0.2) is 10.8 Å². The highest BCUT2D eigenvalue weighted by atomic mass is 32.2. The molecule has 1 saturated heterocycles. The van der Waals surface area contributed by atoms with Crippen LogP contribution in [0.4, 0.5) is 5.13 Å². The number of esters is 1. The van der Waals surface area contributed by atoms with Gasteiger partial charge in [-0.2, -0.15) is 8.42 Å². The smallest absolute Gasteiger partial charge is 0.362 e. The van der Waals surface area contributed by atoms with Gasteiger partial charge in [0.2, 0.25) is 5.60 Å². The number of thiazole rings is 1. The number of β-lactam (4-membered cyclic amide) rings is 1. The minimum Gasteiger partial charge on any atom is -0.457 e. The van der Waals surface area contributed by atoms with E-state index in [9.17, 15) is 22.8 Å². The molecule has 178 valence electrons. The molecular weight excluding hydrogens is 466 g/mol. The molecule has 13 nitrogen and oxygen atoms in total. The highest BCUT2D eigenvalue weighted by molar-refractivity contribution is 7.84. The summed E-state index contributed by atoms with van der Waals surface area (Å²) in [6.07, 6.45) is 0. The lowest BCUT2D eigenvalue weighted by molar-refractivity contribution is -0.179. The van der Waals surface area contributed by atoms with E-state index in [1.54, 1.807) is 0 Å². The third kappa shape index (κ3) is 5.72. The van der Waals surface area contributed by atoms with Gasteiger partial charge in [-0.1, -0.05) is 5.16 Å². The van der Waals surface area contributed by atoms with Gasteiger partial charge in [-0.25, -0.2) is 14.1 Å². The predicted molar refractivity (Wildman–Crippen MR) is 114 cm³/mol. The lowest BCUT2D eigenvalue weighted by atomic mass is 10.0. The summed E-state index contributed by atoms with van der Waals surface area (Å²) in [6, 6.07) is -2.74. The molecule has 1 aromatic heterocycles. The number of aromatic nitrogens is 1. The molecule has 0 unspecified atom stereocenters. The summed E-state index contributed by atoms with van der Waals surface area (Å²) in [6.45, 7) is -2.18. The fraction of sp³-hybridized carbons (Fsp3) is 0.588. The summed E-state index contributed by atoms with van der Waals surface area (Å²) < 4.78 is 83.6. The van der Waals surface area contributed by atoms with Crippen molar-refractivity contribution in [1.29, 1.82) is 0 Å². The topological polar surface area (TPSA) is 191 Å². The van der Waals surface area contributed by atoms with Crippen LogP contribution in [0.25, 0.3) is 0 Å². The van der Waals surface area contributed by atoms with Crippen LogP contribution in [-0.4, -0.2) is 69.0 Å². The Morgan fingerprint density at radius 3 is 2.47 bits per heavy atom. The first kappa shape index (κ1) is 17.7. The molecule has 0 saturated carbocycles. The van der Waals surface area contributed by atoms with Gasteiger partial charge >= 0.3 is 16.3 Å². The van der Waals surface area contributed by atoms with Crippen molar-refractivity contribution in [2.24, 2.45) is 5.16 Å². The number of amides is 2. The van der Waals surface area contributed by atoms with Gasteiger partial charge in [0.05, 0.1) is 6.04 Å². The van der Waals surface area contributed by atoms with E-state index >= 15 is 0 Å². The maximum Gasteiger partial charge on any atom is 0.362 e. The molecule has 15 heteroatoms. The summed E-state index contributed by atoms with van der Waals surface area (Å²) in [5.74, 6) is -4.33. The molecule has 0 bridgehead atoms. The molecule has 2 amide bonds. The summed E-state index contributed by atoms with van der Waals surface area (Å²) >= 11 is 0.801. The number of carbonyl (C=O) groups excluding carboxylic acids is 3. The Hall–Kier alpha value is -2.78. The van der Waals surface area contributed by atoms with Crippen molar-refractivity contribution in [1.82, 2.24) is 14.6 Å². The number of nitrogens with two attached hydrogens (primary N) is 1. The van der Waals surface area contributed by atoms with E-state index in [-0.39, 0.29) is 15.1 Å². The molecule has 1 aliphatic heterocycles. The number of hydrogen-bond acceptors (Lipinski definition) is 11. The molecule has 1 aromatic rings. The van der Waals surface area contributed by atoms with Crippen LogP contribution in [0.15, 0.2) is 10.5 Å². The molecular formula is C17H25N5O8S2. The number of anilines is 1. The van der Waals surface area contributed by atoms with Gasteiger partial charge in [0.1, 0.15) is 17.3 Å². The minimum absolute atomic E-state index is 0.100. The molecule has 0 aromatic carbocycles. The maximum absolute atomic E-state index is 13.0. The van der Waals surface area contributed by atoms with Gasteiger partial charge < -0.3 is 20.6 Å².